The lowest BCUT2D eigenvalue weighted by molar-refractivity contribution is -0.148. The van der Waals surface area contributed by atoms with E-state index >= 15 is 0 Å². The Morgan fingerprint density at radius 1 is 1.50 bits per heavy atom. The summed E-state index contributed by atoms with van der Waals surface area (Å²) in [6, 6.07) is 0. The van der Waals surface area contributed by atoms with Crippen molar-refractivity contribution in [3.8, 4) is 0 Å². The van der Waals surface area contributed by atoms with Crippen LogP contribution >= 0.6 is 0 Å². The number of esters is 1. The summed E-state index contributed by atoms with van der Waals surface area (Å²) in [4.78, 5) is 11.3. The smallest absolute Gasteiger partial charge is 0.308 e. The summed E-state index contributed by atoms with van der Waals surface area (Å²) in [7, 11) is 0. The molecule has 0 saturated carbocycles. The van der Waals surface area contributed by atoms with Gasteiger partial charge in [0.05, 0.1) is 12.5 Å². The highest BCUT2D eigenvalue weighted by Gasteiger charge is 2.20. The number of hydrogen-bond donors (Lipinski definition) is 1. The fourth-order valence-corrected chi connectivity index (χ4v) is 1.51. The first-order valence-electron chi connectivity index (χ1n) is 4.72. The summed E-state index contributed by atoms with van der Waals surface area (Å²) in [5.74, 6) is 0.126. The monoisotopic (exact) mass is 171 g/mol. The van der Waals surface area contributed by atoms with Crippen molar-refractivity contribution in [2.24, 2.45) is 5.92 Å². The highest BCUT2D eigenvalue weighted by Crippen LogP contribution is 2.14. The van der Waals surface area contributed by atoms with Crippen molar-refractivity contribution in [1.29, 1.82) is 0 Å². The van der Waals surface area contributed by atoms with Crippen LogP contribution in [0.5, 0.6) is 0 Å². The van der Waals surface area contributed by atoms with E-state index in [4.69, 9.17) is 4.74 Å². The Kier molecular flexibility index (Phi) is 4.08. The van der Waals surface area contributed by atoms with Crippen molar-refractivity contribution < 1.29 is 9.53 Å². The molecule has 1 rings (SSSR count). The number of ether oxygens (including phenoxy) is 1. The van der Waals surface area contributed by atoms with E-state index in [9.17, 15) is 4.79 Å². The second-order valence-corrected chi connectivity index (χ2v) is 3.13. The maximum absolute atomic E-state index is 11.3. The molecule has 0 spiro atoms. The van der Waals surface area contributed by atoms with Gasteiger partial charge >= 0.3 is 5.97 Å². The second kappa shape index (κ2) is 5.14. The van der Waals surface area contributed by atoms with Crippen molar-refractivity contribution in [2.75, 3.05) is 19.7 Å². The Labute approximate surface area is 73.5 Å². The van der Waals surface area contributed by atoms with E-state index in [-0.39, 0.29) is 11.9 Å². The molecule has 3 nitrogen and oxygen atoms in total. The van der Waals surface area contributed by atoms with Crippen molar-refractivity contribution in [3.05, 3.63) is 0 Å². The van der Waals surface area contributed by atoms with Crippen LogP contribution in [0.15, 0.2) is 0 Å². The first kappa shape index (κ1) is 9.52. The second-order valence-electron chi connectivity index (χ2n) is 3.13. The van der Waals surface area contributed by atoms with E-state index < -0.39 is 0 Å². The normalized spacial score (nSPS) is 24.6. The van der Waals surface area contributed by atoms with Gasteiger partial charge in [0, 0.05) is 0 Å². The third-order valence-corrected chi connectivity index (χ3v) is 2.20. The average Bonchev–Trinajstić information content (AvgIpc) is 2.32. The average molecular weight is 171 g/mol. The number of carbonyl (C=O) groups is 1. The highest BCUT2D eigenvalue weighted by atomic mass is 16.5. The van der Waals surface area contributed by atoms with Gasteiger partial charge in [0.1, 0.15) is 0 Å². The maximum atomic E-state index is 11.3. The Balaban J connectivity index is 2.32. The van der Waals surface area contributed by atoms with Gasteiger partial charge in [0.2, 0.25) is 0 Å². The van der Waals surface area contributed by atoms with Gasteiger partial charge in [-0.15, -0.1) is 0 Å². The topological polar surface area (TPSA) is 38.3 Å². The molecule has 1 aliphatic rings. The molecule has 3 heteroatoms. The van der Waals surface area contributed by atoms with E-state index in [0.717, 1.165) is 32.4 Å². The molecule has 0 bridgehead atoms. The van der Waals surface area contributed by atoms with Gasteiger partial charge in [-0.3, -0.25) is 4.79 Å². The van der Waals surface area contributed by atoms with E-state index in [0.29, 0.717) is 6.61 Å². The van der Waals surface area contributed by atoms with Crippen LogP contribution in [0.3, 0.4) is 0 Å². The SMILES string of the molecule is CCOC(=O)[C@@H]1CCCNCC1. The molecule has 0 aliphatic carbocycles. The Bertz CT molecular complexity index is 139. The molecule has 0 radical (unpaired) electrons. The summed E-state index contributed by atoms with van der Waals surface area (Å²) >= 11 is 0. The lowest BCUT2D eigenvalue weighted by Crippen LogP contribution is -2.19. The van der Waals surface area contributed by atoms with Crippen LogP contribution in [-0.2, 0) is 9.53 Å². The molecule has 1 aliphatic heterocycles. The first-order valence-corrected chi connectivity index (χ1v) is 4.72. The first-order chi connectivity index (χ1) is 5.84. The standard InChI is InChI=1S/C9H17NO2/c1-2-12-9(11)8-4-3-6-10-7-5-8/h8,10H,2-7H2,1H3/t8-/m1/s1. The van der Waals surface area contributed by atoms with Crippen molar-refractivity contribution in [2.45, 2.75) is 26.2 Å². The number of carbonyl (C=O) groups excluding carboxylic acids is 1. The number of rotatable bonds is 2. The quantitative estimate of drug-likeness (QED) is 0.628. The Morgan fingerprint density at radius 2 is 2.33 bits per heavy atom. The van der Waals surface area contributed by atoms with Gasteiger partial charge in [-0.2, -0.15) is 0 Å². The molecule has 0 aromatic carbocycles. The van der Waals surface area contributed by atoms with E-state index in [1.807, 2.05) is 6.92 Å². The fraction of sp³-hybridized carbons (Fsp3) is 0.889. The van der Waals surface area contributed by atoms with Crippen LogP contribution in [0.2, 0.25) is 0 Å². The number of hydrogen-bond acceptors (Lipinski definition) is 3. The van der Waals surface area contributed by atoms with Gasteiger partial charge in [0.25, 0.3) is 0 Å². The molecular weight excluding hydrogens is 154 g/mol. The maximum Gasteiger partial charge on any atom is 0.308 e. The van der Waals surface area contributed by atoms with Crippen molar-refractivity contribution >= 4 is 5.97 Å². The molecule has 1 fully saturated rings. The summed E-state index contributed by atoms with van der Waals surface area (Å²) < 4.78 is 4.97. The zero-order valence-corrected chi connectivity index (χ0v) is 7.64. The molecule has 70 valence electrons. The summed E-state index contributed by atoms with van der Waals surface area (Å²) in [6.07, 6.45) is 2.99. The van der Waals surface area contributed by atoms with Crippen LogP contribution in [0.1, 0.15) is 26.2 Å². The third-order valence-electron chi connectivity index (χ3n) is 2.20. The van der Waals surface area contributed by atoms with Gasteiger partial charge in [-0.05, 0) is 39.3 Å². The molecular formula is C9H17NO2. The van der Waals surface area contributed by atoms with Gasteiger partial charge in [0.15, 0.2) is 0 Å². The molecule has 0 aromatic rings. The third kappa shape index (κ3) is 2.81. The van der Waals surface area contributed by atoms with Gasteiger partial charge in [-0.1, -0.05) is 0 Å². The van der Waals surface area contributed by atoms with Crippen molar-refractivity contribution in [1.82, 2.24) is 5.32 Å². The van der Waals surface area contributed by atoms with Crippen molar-refractivity contribution in [3.63, 3.8) is 0 Å². The Hall–Kier alpha value is -0.570. The highest BCUT2D eigenvalue weighted by molar-refractivity contribution is 5.72. The Morgan fingerprint density at radius 3 is 3.08 bits per heavy atom. The predicted molar refractivity (Wildman–Crippen MR) is 46.8 cm³/mol. The molecule has 0 amide bonds. The van der Waals surface area contributed by atoms with Crippen LogP contribution in [0, 0.1) is 5.92 Å². The van der Waals surface area contributed by atoms with E-state index in [2.05, 4.69) is 5.32 Å². The lowest BCUT2D eigenvalue weighted by atomic mass is 10.0. The van der Waals surface area contributed by atoms with Crippen LogP contribution in [-0.4, -0.2) is 25.7 Å². The summed E-state index contributed by atoms with van der Waals surface area (Å²) in [6.45, 7) is 4.34. The molecule has 12 heavy (non-hydrogen) atoms. The zero-order valence-electron chi connectivity index (χ0n) is 7.64. The summed E-state index contributed by atoms with van der Waals surface area (Å²) in [5.41, 5.74) is 0. The van der Waals surface area contributed by atoms with Crippen LogP contribution < -0.4 is 5.32 Å². The number of nitrogens with one attached hydrogen (secondary N) is 1. The largest absolute Gasteiger partial charge is 0.466 e. The minimum Gasteiger partial charge on any atom is -0.466 e. The molecule has 0 unspecified atom stereocenters. The molecule has 1 saturated heterocycles. The van der Waals surface area contributed by atoms with Gasteiger partial charge < -0.3 is 10.1 Å². The van der Waals surface area contributed by atoms with E-state index in [1.54, 1.807) is 0 Å². The lowest BCUT2D eigenvalue weighted by Gasteiger charge is -2.11. The molecule has 1 heterocycles. The predicted octanol–water partition coefficient (Wildman–Crippen LogP) is 0.939. The minimum absolute atomic E-state index is 0.0128. The minimum atomic E-state index is -0.0128. The molecule has 1 atom stereocenters. The van der Waals surface area contributed by atoms with Gasteiger partial charge in [-0.25, -0.2) is 0 Å². The molecule has 0 aromatic heterocycles. The van der Waals surface area contributed by atoms with Crippen LogP contribution in [0.25, 0.3) is 0 Å². The molecule has 1 N–H and O–H groups in total. The fourth-order valence-electron chi connectivity index (χ4n) is 1.51. The summed E-state index contributed by atoms with van der Waals surface area (Å²) in [5, 5.41) is 3.27. The zero-order chi connectivity index (χ0) is 8.81. The van der Waals surface area contributed by atoms with E-state index in [1.165, 1.54) is 0 Å². The van der Waals surface area contributed by atoms with Crippen LogP contribution in [0.4, 0.5) is 0 Å².